The van der Waals surface area contributed by atoms with Crippen molar-refractivity contribution in [2.45, 2.75) is 103 Å². The number of hydrogen-bond acceptors (Lipinski definition) is 2. The number of hydrogen-bond donors (Lipinski definition) is 0. The van der Waals surface area contributed by atoms with E-state index in [9.17, 15) is 8.78 Å². The third-order valence-electron chi connectivity index (χ3n) is 7.29. The second kappa shape index (κ2) is 9.64. The number of rotatable bonds is 6. The van der Waals surface area contributed by atoms with Crippen LogP contribution in [0.3, 0.4) is 0 Å². The van der Waals surface area contributed by atoms with Crippen molar-refractivity contribution in [3.63, 3.8) is 0 Å². The Balaban J connectivity index is 1.35. The topological polar surface area (TPSA) is 18.5 Å². The molecular weight excluding hydrogens is 322 g/mol. The largest absolute Gasteiger partial charge is 0.379 e. The van der Waals surface area contributed by atoms with Crippen LogP contribution in [0.1, 0.15) is 84.0 Å². The summed E-state index contributed by atoms with van der Waals surface area (Å²) in [6, 6.07) is 0. The molecule has 3 fully saturated rings. The number of ether oxygens (including phenoxy) is 2. The molecular formula is C21H36F2O2. The van der Waals surface area contributed by atoms with E-state index < -0.39 is 6.61 Å². The quantitative estimate of drug-likeness (QED) is 0.564. The average molecular weight is 359 g/mol. The minimum Gasteiger partial charge on any atom is -0.379 e. The van der Waals surface area contributed by atoms with E-state index in [0.29, 0.717) is 6.10 Å². The first kappa shape index (κ1) is 19.5. The van der Waals surface area contributed by atoms with Crippen LogP contribution in [-0.4, -0.2) is 25.4 Å². The van der Waals surface area contributed by atoms with Gasteiger partial charge in [0.25, 0.3) is 0 Å². The predicted octanol–water partition coefficient (Wildman–Crippen LogP) is 6.19. The molecule has 0 N–H and O–H groups in total. The molecule has 0 aromatic rings. The maximum Gasteiger partial charge on any atom is 0.345 e. The van der Waals surface area contributed by atoms with Gasteiger partial charge in [-0.05, 0) is 108 Å². The second-order valence-electron chi connectivity index (χ2n) is 8.60. The monoisotopic (exact) mass is 358 g/mol. The summed E-state index contributed by atoms with van der Waals surface area (Å²) < 4.78 is 35.2. The van der Waals surface area contributed by atoms with E-state index in [-0.39, 0.29) is 6.10 Å². The van der Waals surface area contributed by atoms with E-state index in [0.717, 1.165) is 56.0 Å². The smallest absolute Gasteiger partial charge is 0.345 e. The molecule has 0 saturated heterocycles. The van der Waals surface area contributed by atoms with Crippen LogP contribution >= 0.6 is 0 Å². The molecule has 0 radical (unpaired) electrons. The van der Waals surface area contributed by atoms with Gasteiger partial charge in [0, 0.05) is 6.61 Å². The normalized spacial score (nSPS) is 40.3. The minimum absolute atomic E-state index is 0.201. The Labute approximate surface area is 152 Å². The molecule has 0 heterocycles. The van der Waals surface area contributed by atoms with Crippen LogP contribution in [0.15, 0.2) is 0 Å². The van der Waals surface area contributed by atoms with Gasteiger partial charge in [-0.1, -0.05) is 0 Å². The van der Waals surface area contributed by atoms with Gasteiger partial charge in [0.1, 0.15) is 0 Å². The Kier molecular flexibility index (Phi) is 7.53. The lowest BCUT2D eigenvalue weighted by Crippen LogP contribution is -2.32. The first-order valence-corrected chi connectivity index (χ1v) is 10.7. The van der Waals surface area contributed by atoms with Gasteiger partial charge in [0.15, 0.2) is 0 Å². The standard InChI is InChI=1S/C21H36F2O2/c1-2-24-19-11-7-17(8-12-19)15-3-5-16(6-4-15)18-9-13-20(14-10-18)25-21(22)23/h15-21H,2-14H2,1H3. The Morgan fingerprint density at radius 1 is 0.640 bits per heavy atom. The molecule has 0 aliphatic heterocycles. The molecule has 0 bridgehead atoms. The van der Waals surface area contributed by atoms with Gasteiger partial charge >= 0.3 is 6.61 Å². The van der Waals surface area contributed by atoms with Gasteiger partial charge in [-0.15, -0.1) is 0 Å². The van der Waals surface area contributed by atoms with Gasteiger partial charge in [0.2, 0.25) is 0 Å². The Morgan fingerprint density at radius 2 is 1.00 bits per heavy atom. The van der Waals surface area contributed by atoms with Gasteiger partial charge in [-0.3, -0.25) is 0 Å². The van der Waals surface area contributed by atoms with Crippen LogP contribution in [0.5, 0.6) is 0 Å². The predicted molar refractivity (Wildman–Crippen MR) is 95.7 cm³/mol. The molecule has 0 amide bonds. The fourth-order valence-corrected chi connectivity index (χ4v) is 5.89. The molecule has 3 rings (SSSR count). The van der Waals surface area contributed by atoms with E-state index in [1.54, 1.807) is 0 Å². The summed E-state index contributed by atoms with van der Waals surface area (Å²) in [5.74, 6) is 3.45. The summed E-state index contributed by atoms with van der Waals surface area (Å²) >= 11 is 0. The van der Waals surface area contributed by atoms with Crippen molar-refractivity contribution in [2.75, 3.05) is 6.61 Å². The first-order chi connectivity index (χ1) is 12.2. The minimum atomic E-state index is -2.60. The number of alkyl halides is 2. The van der Waals surface area contributed by atoms with Crippen molar-refractivity contribution in [3.8, 4) is 0 Å². The lowest BCUT2D eigenvalue weighted by atomic mass is 9.66. The summed E-state index contributed by atoms with van der Waals surface area (Å²) in [4.78, 5) is 0. The van der Waals surface area contributed by atoms with Crippen LogP contribution in [0, 0.1) is 23.7 Å². The van der Waals surface area contributed by atoms with E-state index in [2.05, 4.69) is 6.92 Å². The summed E-state index contributed by atoms with van der Waals surface area (Å²) in [5, 5.41) is 0. The third kappa shape index (κ3) is 5.63. The molecule has 3 aliphatic carbocycles. The highest BCUT2D eigenvalue weighted by atomic mass is 19.3. The van der Waals surface area contributed by atoms with Gasteiger partial charge < -0.3 is 9.47 Å². The Bertz CT molecular complexity index is 366. The highest BCUT2D eigenvalue weighted by Crippen LogP contribution is 2.45. The van der Waals surface area contributed by atoms with Crippen LogP contribution in [0.4, 0.5) is 8.78 Å². The van der Waals surface area contributed by atoms with E-state index in [4.69, 9.17) is 9.47 Å². The zero-order valence-electron chi connectivity index (χ0n) is 15.8. The van der Waals surface area contributed by atoms with Gasteiger partial charge in [-0.2, -0.15) is 8.78 Å². The molecule has 146 valence electrons. The van der Waals surface area contributed by atoms with Gasteiger partial charge in [-0.25, -0.2) is 0 Å². The van der Waals surface area contributed by atoms with E-state index in [1.165, 1.54) is 51.4 Å². The summed E-state index contributed by atoms with van der Waals surface area (Å²) in [6.45, 7) is 0.348. The van der Waals surface area contributed by atoms with Crippen molar-refractivity contribution in [2.24, 2.45) is 23.7 Å². The maximum absolute atomic E-state index is 12.3. The van der Waals surface area contributed by atoms with Crippen molar-refractivity contribution in [3.05, 3.63) is 0 Å². The molecule has 2 nitrogen and oxygen atoms in total. The van der Waals surface area contributed by atoms with Crippen molar-refractivity contribution < 1.29 is 18.3 Å². The summed E-state index contributed by atoms with van der Waals surface area (Å²) in [7, 11) is 0. The van der Waals surface area contributed by atoms with Crippen LogP contribution in [0.2, 0.25) is 0 Å². The molecule has 3 aliphatic rings. The highest BCUT2D eigenvalue weighted by molar-refractivity contribution is 4.86. The molecule has 0 spiro atoms. The molecule has 25 heavy (non-hydrogen) atoms. The van der Waals surface area contributed by atoms with E-state index in [1.807, 2.05) is 0 Å². The molecule has 0 unspecified atom stereocenters. The SMILES string of the molecule is CCOC1CCC(C2CCC(C3CCC(OC(F)F)CC3)CC2)CC1. The zero-order chi connectivity index (χ0) is 17.6. The van der Waals surface area contributed by atoms with Crippen molar-refractivity contribution >= 4 is 0 Å². The van der Waals surface area contributed by atoms with Crippen LogP contribution in [-0.2, 0) is 9.47 Å². The molecule has 4 heteroatoms. The fraction of sp³-hybridized carbons (Fsp3) is 1.00. The maximum atomic E-state index is 12.3. The molecule has 0 atom stereocenters. The first-order valence-electron chi connectivity index (χ1n) is 10.7. The second-order valence-corrected chi connectivity index (χ2v) is 8.60. The Morgan fingerprint density at radius 3 is 1.36 bits per heavy atom. The molecule has 0 aromatic carbocycles. The van der Waals surface area contributed by atoms with Gasteiger partial charge in [0.05, 0.1) is 12.2 Å². The van der Waals surface area contributed by atoms with E-state index >= 15 is 0 Å². The number of halogens is 2. The lowest BCUT2D eigenvalue weighted by molar-refractivity contribution is -0.172. The van der Waals surface area contributed by atoms with Crippen LogP contribution < -0.4 is 0 Å². The molecule has 0 aromatic heterocycles. The van der Waals surface area contributed by atoms with Crippen molar-refractivity contribution in [1.82, 2.24) is 0 Å². The average Bonchev–Trinajstić information content (AvgIpc) is 2.63. The fourth-order valence-electron chi connectivity index (χ4n) is 5.89. The lowest BCUT2D eigenvalue weighted by Gasteiger charge is -2.41. The Hall–Kier alpha value is -0.220. The third-order valence-corrected chi connectivity index (χ3v) is 7.29. The van der Waals surface area contributed by atoms with Crippen LogP contribution in [0.25, 0.3) is 0 Å². The molecule has 3 saturated carbocycles. The van der Waals surface area contributed by atoms with Crippen molar-refractivity contribution in [1.29, 1.82) is 0 Å². The highest BCUT2D eigenvalue weighted by Gasteiger charge is 2.35. The summed E-state index contributed by atoms with van der Waals surface area (Å²) in [6.07, 6.45) is 14.9. The summed E-state index contributed by atoms with van der Waals surface area (Å²) in [5.41, 5.74) is 0. The zero-order valence-corrected chi connectivity index (χ0v) is 15.8.